The molecule has 0 aliphatic heterocycles. The highest BCUT2D eigenvalue weighted by atomic mass is 32.1. The molecule has 2 aromatic heterocycles. The van der Waals surface area contributed by atoms with Gasteiger partial charge in [0, 0.05) is 31.1 Å². The molecule has 5 rings (SSSR count). The van der Waals surface area contributed by atoms with Crippen LogP contribution in [0.1, 0.15) is 11.3 Å². The molecule has 0 fully saturated rings. The fraction of sp³-hybridized carbons (Fsp3) is 0.0909. The smallest absolute Gasteiger partial charge is 0.136 e. The maximum atomic E-state index is 9.70. The molecule has 0 spiro atoms. The molecule has 0 unspecified atom stereocenters. The number of thiophene rings is 1. The van der Waals surface area contributed by atoms with E-state index in [0.29, 0.717) is 0 Å². The third kappa shape index (κ3) is 2.02. The summed E-state index contributed by atoms with van der Waals surface area (Å²) in [7, 11) is 0. The highest BCUT2D eigenvalue weighted by molar-refractivity contribution is 7.26. The summed E-state index contributed by atoms with van der Waals surface area (Å²) < 4.78 is 8.55. The van der Waals surface area contributed by atoms with Crippen LogP contribution >= 0.6 is 11.3 Å². The van der Waals surface area contributed by atoms with Crippen molar-refractivity contribution in [2.24, 2.45) is 0 Å². The predicted octanol–water partition coefficient (Wildman–Crippen LogP) is 6.79. The molecule has 2 nitrogen and oxygen atoms in total. The Bertz CT molecular complexity index is 1260. The highest BCUT2D eigenvalue weighted by Crippen LogP contribution is 2.46. The average Bonchev–Trinajstić information content (AvgIpc) is 3.11. The van der Waals surface area contributed by atoms with Crippen molar-refractivity contribution in [3.05, 3.63) is 65.9 Å². The number of phenols is 1. The molecule has 2 heterocycles. The zero-order valence-corrected chi connectivity index (χ0v) is 14.8. The Morgan fingerprint density at radius 3 is 2.44 bits per heavy atom. The molecule has 3 aromatic carbocycles. The van der Waals surface area contributed by atoms with Gasteiger partial charge in [0.25, 0.3) is 0 Å². The van der Waals surface area contributed by atoms with E-state index in [1.54, 1.807) is 23.5 Å². The average molecular weight is 344 g/mol. The third-order valence-electron chi connectivity index (χ3n) is 4.95. The van der Waals surface area contributed by atoms with E-state index in [1.807, 2.05) is 19.1 Å². The van der Waals surface area contributed by atoms with Crippen LogP contribution in [0.4, 0.5) is 0 Å². The van der Waals surface area contributed by atoms with E-state index in [-0.39, 0.29) is 5.75 Å². The van der Waals surface area contributed by atoms with Crippen molar-refractivity contribution < 1.29 is 9.52 Å². The number of furan rings is 1. The van der Waals surface area contributed by atoms with Gasteiger partial charge in [-0.1, -0.05) is 30.3 Å². The van der Waals surface area contributed by atoms with E-state index in [0.717, 1.165) is 16.9 Å². The normalized spacial score (nSPS) is 11.8. The Hall–Kier alpha value is -2.78. The van der Waals surface area contributed by atoms with Crippen molar-refractivity contribution in [2.75, 3.05) is 0 Å². The van der Waals surface area contributed by atoms with Gasteiger partial charge < -0.3 is 9.52 Å². The van der Waals surface area contributed by atoms with Gasteiger partial charge in [-0.3, -0.25) is 0 Å². The molecule has 0 radical (unpaired) electrons. The molecule has 0 aliphatic rings. The van der Waals surface area contributed by atoms with E-state index in [9.17, 15) is 5.11 Å². The van der Waals surface area contributed by atoms with Crippen LogP contribution in [0.3, 0.4) is 0 Å². The summed E-state index contributed by atoms with van der Waals surface area (Å²) in [6.45, 7) is 4.13. The van der Waals surface area contributed by atoms with Crippen LogP contribution in [-0.2, 0) is 0 Å². The number of benzene rings is 3. The van der Waals surface area contributed by atoms with Gasteiger partial charge in [-0.25, -0.2) is 0 Å². The van der Waals surface area contributed by atoms with Gasteiger partial charge in [0.15, 0.2) is 0 Å². The molecule has 1 N–H and O–H groups in total. The topological polar surface area (TPSA) is 33.4 Å². The summed E-state index contributed by atoms with van der Waals surface area (Å²) in [4.78, 5) is 0. The molecular formula is C22H16O2S. The van der Waals surface area contributed by atoms with Crippen LogP contribution in [0.15, 0.2) is 59.0 Å². The summed E-state index contributed by atoms with van der Waals surface area (Å²) in [5, 5.41) is 13.4. The largest absolute Gasteiger partial charge is 0.508 e. The van der Waals surface area contributed by atoms with Crippen molar-refractivity contribution >= 4 is 42.5 Å². The second-order valence-electron chi connectivity index (χ2n) is 6.43. The van der Waals surface area contributed by atoms with Crippen molar-refractivity contribution in [3.63, 3.8) is 0 Å². The van der Waals surface area contributed by atoms with Crippen LogP contribution in [0.2, 0.25) is 0 Å². The van der Waals surface area contributed by atoms with Gasteiger partial charge in [0.1, 0.15) is 17.1 Å². The first-order chi connectivity index (χ1) is 12.1. The predicted molar refractivity (Wildman–Crippen MR) is 106 cm³/mol. The van der Waals surface area contributed by atoms with Gasteiger partial charge in [-0.2, -0.15) is 0 Å². The van der Waals surface area contributed by atoms with Crippen molar-refractivity contribution in [2.45, 2.75) is 13.8 Å². The van der Waals surface area contributed by atoms with Crippen LogP contribution in [0.25, 0.3) is 42.3 Å². The molecule has 0 atom stereocenters. The summed E-state index contributed by atoms with van der Waals surface area (Å²) in [5.74, 6) is 1.24. The monoisotopic (exact) mass is 344 g/mol. The lowest BCUT2D eigenvalue weighted by molar-refractivity contribution is 0.475. The quantitative estimate of drug-likeness (QED) is 0.363. The van der Waals surface area contributed by atoms with Gasteiger partial charge in [0.2, 0.25) is 0 Å². The molecule has 3 heteroatoms. The Kier molecular flexibility index (Phi) is 2.97. The first-order valence-electron chi connectivity index (χ1n) is 8.27. The van der Waals surface area contributed by atoms with E-state index >= 15 is 0 Å². The van der Waals surface area contributed by atoms with Gasteiger partial charge in [0.05, 0.1) is 0 Å². The second-order valence-corrected chi connectivity index (χ2v) is 7.51. The number of rotatable bonds is 1. The third-order valence-corrected chi connectivity index (χ3v) is 6.07. The maximum absolute atomic E-state index is 9.70. The first-order valence-corrected chi connectivity index (χ1v) is 9.08. The zero-order chi connectivity index (χ0) is 17.1. The SMILES string of the molecule is Cc1oc2cc3sc4ccccc4c3c(-c3ccc(O)cc3)c2c1C. The lowest BCUT2D eigenvalue weighted by atomic mass is 9.94. The molecule has 25 heavy (non-hydrogen) atoms. The van der Waals surface area contributed by atoms with Crippen molar-refractivity contribution in [1.29, 1.82) is 0 Å². The molecule has 0 aliphatic carbocycles. The molecular weight excluding hydrogens is 328 g/mol. The van der Waals surface area contributed by atoms with E-state index in [1.165, 1.54) is 36.7 Å². The summed E-state index contributed by atoms with van der Waals surface area (Å²) in [5.41, 5.74) is 4.40. The second kappa shape index (κ2) is 5.11. The van der Waals surface area contributed by atoms with E-state index in [4.69, 9.17) is 4.42 Å². The molecule has 122 valence electrons. The lowest BCUT2D eigenvalue weighted by Gasteiger charge is -2.08. The minimum atomic E-state index is 0.280. The Labute approximate surface area is 148 Å². The molecule has 5 aromatic rings. The fourth-order valence-corrected chi connectivity index (χ4v) is 4.79. The summed E-state index contributed by atoms with van der Waals surface area (Å²) in [6.07, 6.45) is 0. The van der Waals surface area contributed by atoms with Gasteiger partial charge in [-0.05, 0) is 49.2 Å². The molecule has 0 saturated heterocycles. The maximum Gasteiger partial charge on any atom is 0.136 e. The number of phenolic OH excluding ortho intramolecular Hbond substituents is 1. The summed E-state index contributed by atoms with van der Waals surface area (Å²) in [6, 6.07) is 18.2. The zero-order valence-electron chi connectivity index (χ0n) is 14.0. The molecule has 0 bridgehead atoms. The van der Waals surface area contributed by atoms with Crippen LogP contribution < -0.4 is 0 Å². The van der Waals surface area contributed by atoms with Gasteiger partial charge in [-0.15, -0.1) is 11.3 Å². The van der Waals surface area contributed by atoms with Crippen LogP contribution in [-0.4, -0.2) is 5.11 Å². The minimum absolute atomic E-state index is 0.280. The lowest BCUT2D eigenvalue weighted by Crippen LogP contribution is -1.83. The number of hydrogen-bond donors (Lipinski definition) is 1. The fourth-order valence-electron chi connectivity index (χ4n) is 3.65. The van der Waals surface area contributed by atoms with E-state index < -0.39 is 0 Å². The number of hydrogen-bond acceptors (Lipinski definition) is 3. The molecule has 0 saturated carbocycles. The Morgan fingerprint density at radius 1 is 0.880 bits per heavy atom. The summed E-state index contributed by atoms with van der Waals surface area (Å²) >= 11 is 1.79. The minimum Gasteiger partial charge on any atom is -0.508 e. The van der Waals surface area contributed by atoms with Crippen molar-refractivity contribution in [1.82, 2.24) is 0 Å². The van der Waals surface area contributed by atoms with Crippen LogP contribution in [0.5, 0.6) is 5.75 Å². The Balaban J connectivity index is 2.06. The first kappa shape index (κ1) is 14.6. The van der Waals surface area contributed by atoms with E-state index in [2.05, 4.69) is 37.3 Å². The standard InChI is InChI=1S/C22H16O2S/c1-12-13(2)24-17-11-19-22(16-5-3-4-6-18(16)25-19)21(20(12)17)14-7-9-15(23)10-8-14/h3-11,23H,1-2H3. The Morgan fingerprint density at radius 2 is 1.64 bits per heavy atom. The number of aryl methyl sites for hydroxylation is 2. The number of aromatic hydroxyl groups is 1. The van der Waals surface area contributed by atoms with Crippen molar-refractivity contribution in [3.8, 4) is 16.9 Å². The highest BCUT2D eigenvalue weighted by Gasteiger charge is 2.19. The van der Waals surface area contributed by atoms with Crippen LogP contribution in [0, 0.1) is 13.8 Å². The number of fused-ring (bicyclic) bond motifs is 4. The molecule has 0 amide bonds. The van der Waals surface area contributed by atoms with Gasteiger partial charge >= 0.3 is 0 Å².